The first-order valence-corrected chi connectivity index (χ1v) is 4.83. The molecule has 0 spiro atoms. The number of nitrogen functional groups attached to an aromatic ring is 1. The van der Waals surface area contributed by atoms with Crippen molar-refractivity contribution >= 4 is 11.9 Å². The van der Waals surface area contributed by atoms with Gasteiger partial charge in [0, 0.05) is 14.1 Å². The quantitative estimate of drug-likeness (QED) is 0.498. The summed E-state index contributed by atoms with van der Waals surface area (Å²) < 4.78 is 10.5. The van der Waals surface area contributed by atoms with Crippen molar-refractivity contribution in [1.29, 1.82) is 0 Å². The Bertz CT molecular complexity index is 368. The van der Waals surface area contributed by atoms with E-state index in [4.69, 9.17) is 15.3 Å². The van der Waals surface area contributed by atoms with E-state index in [2.05, 4.69) is 20.4 Å². The fourth-order valence-electron chi connectivity index (χ4n) is 1.09. The zero-order valence-electron chi connectivity index (χ0n) is 9.17. The topological polar surface area (TPSA) is 98.4 Å². The van der Waals surface area contributed by atoms with E-state index >= 15 is 0 Å². The fourth-order valence-corrected chi connectivity index (χ4v) is 1.09. The summed E-state index contributed by atoms with van der Waals surface area (Å²) in [6, 6.07) is 0.250. The van der Waals surface area contributed by atoms with Crippen molar-refractivity contribution in [2.75, 3.05) is 37.6 Å². The summed E-state index contributed by atoms with van der Waals surface area (Å²) in [5.74, 6) is 6.02. The molecule has 0 aromatic carbocycles. The maximum atomic E-state index is 5.47. The molecule has 0 aliphatic carbocycles. The van der Waals surface area contributed by atoms with Crippen LogP contribution < -0.4 is 20.9 Å². The largest absolute Gasteiger partial charge is 0.455 e. The van der Waals surface area contributed by atoms with Crippen molar-refractivity contribution in [3.8, 4) is 6.01 Å². The highest BCUT2D eigenvalue weighted by atomic mass is 16.6. The number of aromatic nitrogens is 3. The Morgan fingerprint density at radius 2 is 2.12 bits per heavy atom. The van der Waals surface area contributed by atoms with Crippen LogP contribution in [0.25, 0.3) is 0 Å². The van der Waals surface area contributed by atoms with Crippen LogP contribution in [-0.4, -0.2) is 48.4 Å². The minimum absolute atomic E-state index is 0.0167. The second-order valence-corrected chi connectivity index (χ2v) is 3.56. The van der Waals surface area contributed by atoms with Crippen molar-refractivity contribution in [3.63, 3.8) is 0 Å². The molecule has 0 radical (unpaired) electrons. The molecular formula is C8H14N6O2. The Morgan fingerprint density at radius 1 is 1.38 bits per heavy atom. The van der Waals surface area contributed by atoms with Gasteiger partial charge >= 0.3 is 6.01 Å². The molecule has 1 saturated heterocycles. The SMILES string of the molecule is CN(C)c1nc(NN)nc(OC2COC2)n1. The van der Waals surface area contributed by atoms with Gasteiger partial charge in [-0.2, -0.15) is 15.0 Å². The average Bonchev–Trinajstić information content (AvgIpc) is 2.23. The lowest BCUT2D eigenvalue weighted by atomic mass is 10.3. The molecule has 1 aromatic rings. The first kappa shape index (κ1) is 10.8. The number of nitrogens with zero attached hydrogens (tertiary/aromatic N) is 4. The van der Waals surface area contributed by atoms with Gasteiger partial charge < -0.3 is 14.4 Å². The minimum Gasteiger partial charge on any atom is -0.455 e. The van der Waals surface area contributed by atoms with Crippen molar-refractivity contribution in [1.82, 2.24) is 15.0 Å². The first-order chi connectivity index (χ1) is 7.69. The number of rotatable bonds is 4. The predicted octanol–water partition coefficient (Wildman–Crippen LogP) is -0.999. The summed E-state index contributed by atoms with van der Waals surface area (Å²) in [6.07, 6.45) is 0.0167. The molecule has 1 aromatic heterocycles. The Morgan fingerprint density at radius 3 is 2.62 bits per heavy atom. The number of hydrogen-bond donors (Lipinski definition) is 2. The van der Waals surface area contributed by atoms with E-state index in [1.807, 2.05) is 14.1 Å². The first-order valence-electron chi connectivity index (χ1n) is 4.83. The molecule has 1 aliphatic rings. The van der Waals surface area contributed by atoms with E-state index in [9.17, 15) is 0 Å². The Kier molecular flexibility index (Phi) is 3.02. The van der Waals surface area contributed by atoms with Gasteiger partial charge in [0.1, 0.15) is 6.10 Å². The molecule has 8 nitrogen and oxygen atoms in total. The molecule has 0 atom stereocenters. The highest BCUT2D eigenvalue weighted by molar-refractivity contribution is 5.36. The number of hydrazine groups is 1. The maximum absolute atomic E-state index is 5.47. The van der Waals surface area contributed by atoms with E-state index in [0.717, 1.165) is 0 Å². The van der Waals surface area contributed by atoms with Crippen LogP contribution in [0.2, 0.25) is 0 Å². The Balaban J connectivity index is 2.18. The van der Waals surface area contributed by atoms with Gasteiger partial charge in [-0.1, -0.05) is 0 Å². The van der Waals surface area contributed by atoms with Gasteiger partial charge in [-0.05, 0) is 0 Å². The molecule has 0 saturated carbocycles. The molecule has 8 heteroatoms. The summed E-state index contributed by atoms with van der Waals surface area (Å²) in [5, 5.41) is 0. The van der Waals surface area contributed by atoms with Crippen LogP contribution in [0.1, 0.15) is 0 Å². The number of nitrogens with two attached hydrogens (primary N) is 1. The fraction of sp³-hybridized carbons (Fsp3) is 0.625. The molecule has 0 amide bonds. The molecule has 1 aliphatic heterocycles. The van der Waals surface area contributed by atoms with Crippen LogP contribution in [-0.2, 0) is 4.74 Å². The lowest BCUT2D eigenvalue weighted by Crippen LogP contribution is -2.39. The minimum atomic E-state index is 0.0167. The van der Waals surface area contributed by atoms with Crippen molar-refractivity contribution in [3.05, 3.63) is 0 Å². The standard InChI is InChI=1S/C8H14N6O2/c1-14(2)7-10-6(13-9)11-8(12-7)16-5-3-15-4-5/h5H,3-4,9H2,1-2H3,(H,10,11,12,13). The summed E-state index contributed by atoms with van der Waals surface area (Å²) in [7, 11) is 3.65. The monoisotopic (exact) mass is 226 g/mol. The molecule has 3 N–H and O–H groups in total. The summed E-state index contributed by atoms with van der Waals surface area (Å²) >= 11 is 0. The molecule has 2 rings (SSSR count). The van der Waals surface area contributed by atoms with Gasteiger partial charge in [-0.25, -0.2) is 5.84 Å². The predicted molar refractivity (Wildman–Crippen MR) is 57.2 cm³/mol. The lowest BCUT2D eigenvalue weighted by Gasteiger charge is -2.25. The number of anilines is 2. The van der Waals surface area contributed by atoms with Crippen LogP contribution in [0.5, 0.6) is 6.01 Å². The molecule has 88 valence electrons. The Labute approximate surface area is 92.8 Å². The van der Waals surface area contributed by atoms with Crippen LogP contribution in [0, 0.1) is 0 Å². The van der Waals surface area contributed by atoms with Gasteiger partial charge in [-0.3, -0.25) is 5.43 Å². The summed E-state index contributed by atoms with van der Waals surface area (Å²) in [4.78, 5) is 13.9. The Hall–Kier alpha value is -1.67. The summed E-state index contributed by atoms with van der Waals surface area (Å²) in [5.41, 5.74) is 2.37. The molecular weight excluding hydrogens is 212 g/mol. The van der Waals surface area contributed by atoms with Crippen molar-refractivity contribution in [2.45, 2.75) is 6.10 Å². The second kappa shape index (κ2) is 4.45. The van der Waals surface area contributed by atoms with Crippen LogP contribution in [0.3, 0.4) is 0 Å². The number of hydrogen-bond acceptors (Lipinski definition) is 8. The highest BCUT2D eigenvalue weighted by Crippen LogP contribution is 2.15. The van der Waals surface area contributed by atoms with E-state index in [-0.39, 0.29) is 18.1 Å². The van der Waals surface area contributed by atoms with Crippen LogP contribution >= 0.6 is 0 Å². The van der Waals surface area contributed by atoms with Crippen LogP contribution in [0.15, 0.2) is 0 Å². The molecule has 1 fully saturated rings. The van der Waals surface area contributed by atoms with Crippen LogP contribution in [0.4, 0.5) is 11.9 Å². The average molecular weight is 226 g/mol. The smallest absolute Gasteiger partial charge is 0.323 e. The third-order valence-corrected chi connectivity index (χ3v) is 2.01. The molecule has 0 unspecified atom stereocenters. The molecule has 0 bridgehead atoms. The van der Waals surface area contributed by atoms with Gasteiger partial charge in [-0.15, -0.1) is 0 Å². The highest BCUT2D eigenvalue weighted by Gasteiger charge is 2.22. The maximum Gasteiger partial charge on any atom is 0.323 e. The zero-order chi connectivity index (χ0) is 11.5. The second-order valence-electron chi connectivity index (χ2n) is 3.56. The van der Waals surface area contributed by atoms with Crippen molar-refractivity contribution in [2.24, 2.45) is 5.84 Å². The van der Waals surface area contributed by atoms with E-state index in [0.29, 0.717) is 19.2 Å². The summed E-state index contributed by atoms with van der Waals surface area (Å²) in [6.45, 7) is 1.13. The third kappa shape index (κ3) is 2.28. The third-order valence-electron chi connectivity index (χ3n) is 2.01. The van der Waals surface area contributed by atoms with Crippen molar-refractivity contribution < 1.29 is 9.47 Å². The number of nitrogens with one attached hydrogen (secondary N) is 1. The molecule has 16 heavy (non-hydrogen) atoms. The zero-order valence-corrected chi connectivity index (χ0v) is 9.17. The molecule has 2 heterocycles. The van der Waals surface area contributed by atoms with Gasteiger partial charge in [0.2, 0.25) is 11.9 Å². The normalized spacial score (nSPS) is 15.4. The van der Waals surface area contributed by atoms with E-state index < -0.39 is 0 Å². The van der Waals surface area contributed by atoms with Gasteiger partial charge in [0.05, 0.1) is 13.2 Å². The number of ether oxygens (including phenoxy) is 2. The van der Waals surface area contributed by atoms with Gasteiger partial charge in [0.25, 0.3) is 0 Å². The van der Waals surface area contributed by atoms with E-state index in [1.165, 1.54) is 0 Å². The van der Waals surface area contributed by atoms with Gasteiger partial charge in [0.15, 0.2) is 0 Å². The lowest BCUT2D eigenvalue weighted by molar-refractivity contribution is -0.0831. The van der Waals surface area contributed by atoms with E-state index in [1.54, 1.807) is 4.90 Å².